The lowest BCUT2D eigenvalue weighted by atomic mass is 10.1. The zero-order valence-corrected chi connectivity index (χ0v) is 12.1. The lowest BCUT2D eigenvalue weighted by Gasteiger charge is -2.07. The molecule has 0 unspecified atom stereocenters. The van der Waals surface area contributed by atoms with E-state index < -0.39 is 4.92 Å². The van der Waals surface area contributed by atoms with Crippen LogP contribution in [0.5, 0.6) is 0 Å². The first-order chi connectivity index (χ1) is 9.56. The van der Waals surface area contributed by atoms with Gasteiger partial charge in [-0.05, 0) is 36.2 Å². The van der Waals surface area contributed by atoms with Gasteiger partial charge in [0.2, 0.25) is 0 Å². The minimum Gasteiger partial charge on any atom is -0.379 e. The van der Waals surface area contributed by atoms with Gasteiger partial charge >= 0.3 is 0 Å². The van der Waals surface area contributed by atoms with Crippen molar-refractivity contribution in [1.82, 2.24) is 0 Å². The first-order valence-corrected chi connectivity index (χ1v) is 6.78. The number of rotatable bonds is 5. The van der Waals surface area contributed by atoms with Crippen molar-refractivity contribution in [3.05, 3.63) is 68.4 Å². The number of anilines is 1. The van der Waals surface area contributed by atoms with Gasteiger partial charge in [-0.1, -0.05) is 28.1 Å². The second kappa shape index (κ2) is 6.47. The zero-order chi connectivity index (χ0) is 14.5. The monoisotopic (exact) mass is 338 g/mol. The summed E-state index contributed by atoms with van der Waals surface area (Å²) in [5.74, 6) is -0.280. The normalized spacial score (nSPS) is 10.3. The summed E-state index contributed by atoms with van der Waals surface area (Å²) in [6.45, 7) is 0.492. The van der Waals surface area contributed by atoms with Crippen LogP contribution in [0, 0.1) is 15.9 Å². The summed E-state index contributed by atoms with van der Waals surface area (Å²) in [7, 11) is 0. The Morgan fingerprint density at radius 3 is 2.75 bits per heavy atom. The second-order valence-electron chi connectivity index (χ2n) is 4.23. The van der Waals surface area contributed by atoms with Gasteiger partial charge in [0, 0.05) is 17.1 Å². The first kappa shape index (κ1) is 14.5. The molecule has 0 bridgehead atoms. The number of halogens is 2. The maximum absolute atomic E-state index is 13.0. The fraction of sp³-hybridized carbons (Fsp3) is 0.143. The smallest absolute Gasteiger partial charge is 0.293 e. The molecule has 0 aliphatic heterocycles. The molecule has 0 radical (unpaired) electrons. The molecule has 4 nitrogen and oxygen atoms in total. The van der Waals surface area contributed by atoms with E-state index in [0.717, 1.165) is 5.56 Å². The molecule has 0 saturated carbocycles. The molecule has 0 amide bonds. The fourth-order valence-corrected chi connectivity index (χ4v) is 2.19. The summed E-state index contributed by atoms with van der Waals surface area (Å²) in [5, 5.41) is 14.0. The van der Waals surface area contributed by atoms with Gasteiger partial charge in [0.25, 0.3) is 5.69 Å². The summed E-state index contributed by atoms with van der Waals surface area (Å²) in [4.78, 5) is 10.5. The number of hydrogen-bond acceptors (Lipinski definition) is 3. The summed E-state index contributed by atoms with van der Waals surface area (Å²) in [6, 6.07) is 11.1. The molecule has 0 fully saturated rings. The van der Waals surface area contributed by atoms with Crippen LogP contribution >= 0.6 is 15.9 Å². The van der Waals surface area contributed by atoms with E-state index in [1.807, 2.05) is 6.07 Å². The average Bonchev–Trinajstić information content (AvgIpc) is 2.40. The van der Waals surface area contributed by atoms with Crippen LogP contribution in [0.4, 0.5) is 15.8 Å². The third-order valence-corrected chi connectivity index (χ3v) is 3.27. The first-order valence-electron chi connectivity index (χ1n) is 5.98. The third kappa shape index (κ3) is 3.77. The van der Waals surface area contributed by atoms with Crippen molar-refractivity contribution in [2.45, 2.75) is 6.42 Å². The van der Waals surface area contributed by atoms with Crippen LogP contribution in [0.15, 0.2) is 46.9 Å². The quantitative estimate of drug-likeness (QED) is 0.658. The Kier molecular flexibility index (Phi) is 4.68. The van der Waals surface area contributed by atoms with Crippen molar-refractivity contribution < 1.29 is 9.31 Å². The highest BCUT2D eigenvalue weighted by Crippen LogP contribution is 2.27. The van der Waals surface area contributed by atoms with Gasteiger partial charge in [0.1, 0.15) is 11.5 Å². The number of hydrogen-bond donors (Lipinski definition) is 1. The maximum atomic E-state index is 13.0. The number of nitro benzene ring substituents is 1. The SMILES string of the molecule is O=[N+]([O-])c1cc(Br)ccc1NCCc1cccc(F)c1. The molecule has 20 heavy (non-hydrogen) atoms. The largest absolute Gasteiger partial charge is 0.379 e. The van der Waals surface area contributed by atoms with Gasteiger partial charge in [-0.25, -0.2) is 4.39 Å². The van der Waals surface area contributed by atoms with E-state index in [-0.39, 0.29) is 11.5 Å². The Hall–Kier alpha value is -1.95. The van der Waals surface area contributed by atoms with Crippen LogP contribution < -0.4 is 5.32 Å². The van der Waals surface area contributed by atoms with Crippen LogP contribution in [0.25, 0.3) is 0 Å². The molecule has 0 aromatic heterocycles. The predicted molar refractivity (Wildman–Crippen MR) is 79.4 cm³/mol. The van der Waals surface area contributed by atoms with Gasteiger partial charge in [-0.15, -0.1) is 0 Å². The Balaban J connectivity index is 2.02. The lowest BCUT2D eigenvalue weighted by molar-refractivity contribution is -0.384. The number of benzene rings is 2. The molecule has 0 atom stereocenters. The van der Waals surface area contributed by atoms with Crippen LogP contribution in [0.1, 0.15) is 5.56 Å². The summed E-state index contributed by atoms with van der Waals surface area (Å²) in [5.41, 5.74) is 1.31. The molecular weight excluding hydrogens is 327 g/mol. The van der Waals surface area contributed by atoms with E-state index in [2.05, 4.69) is 21.2 Å². The molecule has 0 aliphatic carbocycles. The molecule has 2 aromatic carbocycles. The van der Waals surface area contributed by atoms with E-state index in [4.69, 9.17) is 0 Å². The van der Waals surface area contributed by atoms with Crippen LogP contribution in [-0.4, -0.2) is 11.5 Å². The third-order valence-electron chi connectivity index (χ3n) is 2.77. The molecule has 0 heterocycles. The maximum Gasteiger partial charge on any atom is 0.293 e. The Morgan fingerprint density at radius 1 is 1.25 bits per heavy atom. The van der Waals surface area contributed by atoms with Gasteiger partial charge in [-0.3, -0.25) is 10.1 Å². The topological polar surface area (TPSA) is 55.2 Å². The van der Waals surface area contributed by atoms with Gasteiger partial charge in [0.15, 0.2) is 0 Å². The lowest BCUT2D eigenvalue weighted by Crippen LogP contribution is -2.07. The summed E-state index contributed by atoms with van der Waals surface area (Å²) in [6.07, 6.45) is 0.588. The van der Waals surface area contributed by atoms with E-state index in [1.165, 1.54) is 18.2 Å². The minimum absolute atomic E-state index is 0.0126. The summed E-state index contributed by atoms with van der Waals surface area (Å²) < 4.78 is 13.7. The van der Waals surface area contributed by atoms with Crippen molar-refractivity contribution in [2.75, 3.05) is 11.9 Å². The van der Waals surface area contributed by atoms with Crippen LogP contribution in [0.2, 0.25) is 0 Å². The molecule has 2 rings (SSSR count). The van der Waals surface area contributed by atoms with Crippen molar-refractivity contribution in [3.63, 3.8) is 0 Å². The standard InChI is InChI=1S/C14H12BrFN2O2/c15-11-4-5-13(14(9-11)18(19)20)17-7-6-10-2-1-3-12(16)8-10/h1-5,8-9,17H,6-7H2. The molecule has 2 aromatic rings. The Bertz CT molecular complexity index is 634. The van der Waals surface area contributed by atoms with Crippen LogP contribution in [-0.2, 0) is 6.42 Å². The van der Waals surface area contributed by atoms with Crippen molar-refractivity contribution in [1.29, 1.82) is 0 Å². The van der Waals surface area contributed by atoms with Gasteiger partial charge in [0.05, 0.1) is 4.92 Å². The molecular formula is C14H12BrFN2O2. The van der Waals surface area contributed by atoms with Crippen molar-refractivity contribution in [2.24, 2.45) is 0 Å². The number of nitrogens with zero attached hydrogens (tertiary/aromatic N) is 1. The summed E-state index contributed by atoms with van der Waals surface area (Å²) >= 11 is 3.20. The number of nitrogens with one attached hydrogen (secondary N) is 1. The van der Waals surface area contributed by atoms with Crippen LogP contribution in [0.3, 0.4) is 0 Å². The van der Waals surface area contributed by atoms with E-state index >= 15 is 0 Å². The fourth-order valence-electron chi connectivity index (χ4n) is 1.84. The van der Waals surface area contributed by atoms with Gasteiger partial charge < -0.3 is 5.32 Å². The Labute approximate surface area is 123 Å². The molecule has 1 N–H and O–H groups in total. The molecule has 0 aliphatic rings. The van der Waals surface area contributed by atoms with E-state index in [0.29, 0.717) is 23.1 Å². The predicted octanol–water partition coefficient (Wildman–Crippen LogP) is 4.15. The highest BCUT2D eigenvalue weighted by Gasteiger charge is 2.13. The zero-order valence-electron chi connectivity index (χ0n) is 10.5. The highest BCUT2D eigenvalue weighted by molar-refractivity contribution is 9.10. The van der Waals surface area contributed by atoms with E-state index in [9.17, 15) is 14.5 Å². The highest BCUT2D eigenvalue weighted by atomic mass is 79.9. The molecule has 104 valence electrons. The van der Waals surface area contributed by atoms with Crippen molar-refractivity contribution >= 4 is 27.3 Å². The van der Waals surface area contributed by atoms with Gasteiger partial charge in [-0.2, -0.15) is 0 Å². The molecule has 6 heteroatoms. The average molecular weight is 339 g/mol. The molecule has 0 saturated heterocycles. The molecule has 0 spiro atoms. The van der Waals surface area contributed by atoms with Crippen molar-refractivity contribution in [3.8, 4) is 0 Å². The number of nitro groups is 1. The Morgan fingerprint density at radius 2 is 2.05 bits per heavy atom. The second-order valence-corrected chi connectivity index (χ2v) is 5.14. The minimum atomic E-state index is -0.435. The van der Waals surface area contributed by atoms with E-state index in [1.54, 1.807) is 18.2 Å².